The van der Waals surface area contributed by atoms with Crippen LogP contribution in [0, 0.1) is 0 Å². The lowest BCUT2D eigenvalue weighted by Crippen LogP contribution is -2.49. The molecule has 0 N–H and O–H groups in total. The van der Waals surface area contributed by atoms with E-state index in [1.165, 1.54) is 11.1 Å². The number of fused-ring (bicyclic) bond motifs is 2. The molecule has 3 amide bonds. The van der Waals surface area contributed by atoms with E-state index in [0.29, 0.717) is 32.7 Å². The Labute approximate surface area is 179 Å². The molecule has 1 aromatic carbocycles. The van der Waals surface area contributed by atoms with Crippen molar-refractivity contribution in [2.24, 2.45) is 0 Å². The highest BCUT2D eigenvalue weighted by Crippen LogP contribution is 2.52. The van der Waals surface area contributed by atoms with Gasteiger partial charge in [-0.1, -0.05) is 24.3 Å². The fourth-order valence-corrected chi connectivity index (χ4v) is 6.07. The van der Waals surface area contributed by atoms with Gasteiger partial charge in [0.25, 0.3) is 0 Å². The maximum Gasteiger partial charge on any atom is 0.319 e. The van der Waals surface area contributed by atoms with Gasteiger partial charge in [0.2, 0.25) is 5.91 Å². The van der Waals surface area contributed by atoms with Gasteiger partial charge in [-0.25, -0.2) is 4.79 Å². The minimum absolute atomic E-state index is 0.119. The Bertz CT molecular complexity index is 791. The molecule has 1 atom stereocenters. The van der Waals surface area contributed by atoms with E-state index in [4.69, 9.17) is 4.74 Å². The van der Waals surface area contributed by atoms with Crippen LogP contribution in [-0.4, -0.2) is 79.1 Å². The molecule has 1 unspecified atom stereocenters. The lowest BCUT2D eigenvalue weighted by atomic mass is 9.73. The zero-order chi connectivity index (χ0) is 20.6. The molecule has 162 valence electrons. The smallest absolute Gasteiger partial charge is 0.319 e. The first-order chi connectivity index (χ1) is 14.7. The number of urea groups is 1. The number of carbonyl (C=O) groups is 2. The molecule has 0 saturated carbocycles. The third kappa shape index (κ3) is 3.59. The predicted octanol–water partition coefficient (Wildman–Crippen LogP) is 2.97. The van der Waals surface area contributed by atoms with Gasteiger partial charge in [-0.15, -0.1) is 0 Å². The molecule has 3 heterocycles. The SMILES string of the molecule is O=C(CC1CC2(CCN(C(=O)N3CCCC3)CC2)c2ccccc21)N1CCOCC1. The molecule has 3 saturated heterocycles. The normalized spacial score (nSPS) is 25.6. The lowest BCUT2D eigenvalue weighted by molar-refractivity contribution is -0.135. The average Bonchev–Trinajstić information content (AvgIpc) is 3.43. The van der Waals surface area contributed by atoms with Crippen molar-refractivity contribution in [1.82, 2.24) is 14.7 Å². The topological polar surface area (TPSA) is 53.1 Å². The van der Waals surface area contributed by atoms with E-state index in [1.807, 2.05) is 9.80 Å². The first-order valence-electron chi connectivity index (χ1n) is 11.7. The van der Waals surface area contributed by atoms with Gasteiger partial charge in [0.1, 0.15) is 0 Å². The summed E-state index contributed by atoms with van der Waals surface area (Å²) in [6.07, 6.45) is 5.91. The van der Waals surface area contributed by atoms with Gasteiger partial charge in [0.15, 0.2) is 0 Å². The highest BCUT2D eigenvalue weighted by Gasteiger charge is 2.46. The van der Waals surface area contributed by atoms with Crippen molar-refractivity contribution in [3.05, 3.63) is 35.4 Å². The van der Waals surface area contributed by atoms with Crippen LogP contribution in [0.2, 0.25) is 0 Å². The fourth-order valence-electron chi connectivity index (χ4n) is 6.07. The average molecular weight is 412 g/mol. The quantitative estimate of drug-likeness (QED) is 0.752. The third-order valence-electron chi connectivity index (χ3n) is 7.76. The van der Waals surface area contributed by atoms with Crippen molar-refractivity contribution in [3.8, 4) is 0 Å². The van der Waals surface area contributed by atoms with Crippen molar-refractivity contribution in [2.45, 2.75) is 49.9 Å². The van der Waals surface area contributed by atoms with Gasteiger partial charge in [-0.2, -0.15) is 0 Å². The molecular formula is C24H33N3O3. The molecule has 1 spiro atoms. The highest BCUT2D eigenvalue weighted by atomic mass is 16.5. The molecule has 3 fully saturated rings. The molecule has 4 aliphatic rings. The second kappa shape index (κ2) is 8.22. The van der Waals surface area contributed by atoms with E-state index < -0.39 is 0 Å². The van der Waals surface area contributed by atoms with Gasteiger partial charge in [-0.05, 0) is 54.6 Å². The van der Waals surface area contributed by atoms with Crippen LogP contribution in [0.5, 0.6) is 0 Å². The lowest BCUT2D eigenvalue weighted by Gasteiger charge is -2.41. The summed E-state index contributed by atoms with van der Waals surface area (Å²) < 4.78 is 5.40. The van der Waals surface area contributed by atoms with Crippen molar-refractivity contribution in [2.75, 3.05) is 52.5 Å². The van der Waals surface area contributed by atoms with Crippen LogP contribution >= 0.6 is 0 Å². The summed E-state index contributed by atoms with van der Waals surface area (Å²) in [5.74, 6) is 0.550. The number of hydrogen-bond donors (Lipinski definition) is 0. The van der Waals surface area contributed by atoms with E-state index in [9.17, 15) is 9.59 Å². The van der Waals surface area contributed by atoms with Gasteiger partial charge in [0.05, 0.1) is 13.2 Å². The fraction of sp³-hybridized carbons (Fsp3) is 0.667. The molecular weight excluding hydrogens is 378 g/mol. The predicted molar refractivity (Wildman–Crippen MR) is 115 cm³/mol. The molecule has 3 aliphatic heterocycles. The molecule has 1 aromatic rings. The van der Waals surface area contributed by atoms with Gasteiger partial charge >= 0.3 is 6.03 Å². The molecule has 6 nitrogen and oxygen atoms in total. The first kappa shape index (κ1) is 19.9. The Balaban J connectivity index is 1.28. The summed E-state index contributed by atoms with van der Waals surface area (Å²) in [6, 6.07) is 8.97. The Morgan fingerprint density at radius 1 is 0.900 bits per heavy atom. The van der Waals surface area contributed by atoms with Crippen LogP contribution in [0.4, 0.5) is 4.79 Å². The summed E-state index contributed by atoms with van der Waals surface area (Å²) in [6.45, 7) is 6.21. The van der Waals surface area contributed by atoms with E-state index in [2.05, 4.69) is 29.2 Å². The Kier molecular flexibility index (Phi) is 5.44. The van der Waals surface area contributed by atoms with E-state index in [-0.39, 0.29) is 23.3 Å². The number of amides is 3. The second-order valence-electron chi connectivity index (χ2n) is 9.43. The van der Waals surface area contributed by atoms with Crippen LogP contribution in [0.3, 0.4) is 0 Å². The van der Waals surface area contributed by atoms with Crippen LogP contribution in [0.15, 0.2) is 24.3 Å². The second-order valence-corrected chi connectivity index (χ2v) is 9.43. The van der Waals surface area contributed by atoms with E-state index in [1.54, 1.807) is 0 Å². The molecule has 5 rings (SSSR count). The minimum Gasteiger partial charge on any atom is -0.378 e. The van der Waals surface area contributed by atoms with E-state index >= 15 is 0 Å². The number of carbonyl (C=O) groups excluding carboxylic acids is 2. The summed E-state index contributed by atoms with van der Waals surface area (Å²) in [7, 11) is 0. The number of piperidine rings is 1. The minimum atomic E-state index is 0.119. The van der Waals surface area contributed by atoms with Gasteiger partial charge in [-0.3, -0.25) is 4.79 Å². The zero-order valence-corrected chi connectivity index (χ0v) is 17.9. The van der Waals surface area contributed by atoms with Crippen LogP contribution < -0.4 is 0 Å². The maximum atomic E-state index is 12.9. The molecule has 0 bridgehead atoms. The van der Waals surface area contributed by atoms with Gasteiger partial charge < -0.3 is 19.4 Å². The van der Waals surface area contributed by atoms with Gasteiger partial charge in [0, 0.05) is 45.7 Å². The monoisotopic (exact) mass is 411 g/mol. The zero-order valence-electron chi connectivity index (χ0n) is 17.9. The Morgan fingerprint density at radius 3 is 2.30 bits per heavy atom. The van der Waals surface area contributed by atoms with E-state index in [0.717, 1.165) is 58.3 Å². The van der Waals surface area contributed by atoms with Crippen molar-refractivity contribution in [3.63, 3.8) is 0 Å². The van der Waals surface area contributed by atoms with Crippen LogP contribution in [0.1, 0.15) is 55.6 Å². The van der Waals surface area contributed by atoms with Crippen LogP contribution in [-0.2, 0) is 14.9 Å². The molecule has 30 heavy (non-hydrogen) atoms. The summed E-state index contributed by atoms with van der Waals surface area (Å²) in [5, 5.41) is 0. The Morgan fingerprint density at radius 2 is 1.57 bits per heavy atom. The highest BCUT2D eigenvalue weighted by molar-refractivity contribution is 5.78. The number of rotatable bonds is 2. The molecule has 6 heteroatoms. The van der Waals surface area contributed by atoms with Crippen molar-refractivity contribution in [1.29, 1.82) is 0 Å². The summed E-state index contributed by atoms with van der Waals surface area (Å²) in [5.41, 5.74) is 2.91. The number of ether oxygens (including phenoxy) is 1. The summed E-state index contributed by atoms with van der Waals surface area (Å²) >= 11 is 0. The summed E-state index contributed by atoms with van der Waals surface area (Å²) in [4.78, 5) is 31.8. The number of nitrogens with zero attached hydrogens (tertiary/aromatic N) is 3. The largest absolute Gasteiger partial charge is 0.378 e. The van der Waals surface area contributed by atoms with Crippen LogP contribution in [0.25, 0.3) is 0 Å². The molecule has 1 aliphatic carbocycles. The third-order valence-corrected chi connectivity index (χ3v) is 7.76. The first-order valence-corrected chi connectivity index (χ1v) is 11.7. The van der Waals surface area contributed by atoms with Crippen molar-refractivity contribution < 1.29 is 14.3 Å². The Hall–Kier alpha value is -2.08. The van der Waals surface area contributed by atoms with Crippen molar-refractivity contribution >= 4 is 11.9 Å². The number of likely N-dealkylation sites (tertiary alicyclic amines) is 2. The maximum absolute atomic E-state index is 12.9. The number of benzene rings is 1. The standard InChI is InChI=1S/C24H33N3O3/c28-22(25-13-15-30-16-14-25)17-19-18-24(21-6-2-1-5-20(19)21)7-11-27(12-8-24)23(29)26-9-3-4-10-26/h1-2,5-6,19H,3-4,7-18H2. The molecule has 0 radical (unpaired) electrons. The number of hydrogen-bond acceptors (Lipinski definition) is 3. The number of morpholine rings is 1. The molecule has 0 aromatic heterocycles.